The molecule has 0 aromatic heterocycles. The first-order valence-electron chi connectivity index (χ1n) is 11.0. The molecule has 0 fully saturated rings. The summed E-state index contributed by atoms with van der Waals surface area (Å²) in [4.78, 5) is 0. The van der Waals surface area contributed by atoms with Gasteiger partial charge in [-0.3, -0.25) is 0 Å². The van der Waals surface area contributed by atoms with E-state index in [9.17, 15) is 0 Å². The number of hydrogen-bond acceptors (Lipinski definition) is 0. The molecule has 5 aromatic carbocycles. The quantitative estimate of drug-likeness (QED) is 0.242. The fourth-order valence-corrected chi connectivity index (χ4v) is 12.7. The zero-order valence-corrected chi connectivity index (χ0v) is 20.0. The van der Waals surface area contributed by atoms with Crippen LogP contribution in [-0.2, 0) is 0 Å². The summed E-state index contributed by atoms with van der Waals surface area (Å²) in [6, 6.07) is 40.4. The first-order valence-corrected chi connectivity index (χ1v) is 17.3. The molecule has 0 unspecified atom stereocenters. The zero-order valence-electron chi connectivity index (χ0n) is 17.9. The first-order chi connectivity index (χ1) is 15.2. The van der Waals surface area contributed by atoms with E-state index in [-0.39, 0.29) is 0 Å². The van der Waals surface area contributed by atoms with Gasteiger partial charge in [0.15, 0.2) is 0 Å². The van der Waals surface area contributed by atoms with Gasteiger partial charge in [0, 0.05) is 0 Å². The molecule has 0 bridgehead atoms. The van der Waals surface area contributed by atoms with Gasteiger partial charge in [-0.15, -0.1) is 0 Å². The van der Waals surface area contributed by atoms with Gasteiger partial charge in [0.05, 0.1) is 0 Å². The standard InChI is InChI=1S/C30H24Ge/c1-31(2)28-20-8-7-17-27(28)29(25-18-9-13-21-11-3-5-15-23(21)25)30(31)26-19-10-14-22-12-4-6-16-24(22)26/h3-20H,1-2H3. The Morgan fingerprint density at radius 3 is 1.65 bits per heavy atom. The topological polar surface area (TPSA) is 0 Å². The maximum absolute atomic E-state index is 2.56. The van der Waals surface area contributed by atoms with E-state index in [0.29, 0.717) is 0 Å². The van der Waals surface area contributed by atoms with Crippen LogP contribution in [0.4, 0.5) is 0 Å². The number of rotatable bonds is 2. The second kappa shape index (κ2) is 6.97. The predicted molar refractivity (Wildman–Crippen MR) is 137 cm³/mol. The van der Waals surface area contributed by atoms with E-state index >= 15 is 0 Å². The van der Waals surface area contributed by atoms with Crippen molar-refractivity contribution in [2.24, 2.45) is 0 Å². The molecule has 0 aliphatic carbocycles. The van der Waals surface area contributed by atoms with E-state index in [1.807, 2.05) is 0 Å². The van der Waals surface area contributed by atoms with E-state index in [1.54, 1.807) is 8.80 Å². The van der Waals surface area contributed by atoms with Gasteiger partial charge in [0.1, 0.15) is 0 Å². The summed E-state index contributed by atoms with van der Waals surface area (Å²) < 4.78 is 3.20. The molecule has 0 saturated carbocycles. The van der Waals surface area contributed by atoms with Crippen LogP contribution in [0.3, 0.4) is 0 Å². The van der Waals surface area contributed by atoms with Crippen molar-refractivity contribution in [3.63, 3.8) is 0 Å². The SMILES string of the molecule is [CH3][Ge]1([CH3])[C](c2cccc3ccccc23)=C(c2cccc3ccccc23)c2cccc[c]21. The molecule has 0 atom stereocenters. The van der Waals surface area contributed by atoms with E-state index in [2.05, 4.69) is 121 Å². The van der Waals surface area contributed by atoms with Crippen LogP contribution in [-0.4, -0.2) is 13.3 Å². The number of benzene rings is 5. The molecule has 1 heterocycles. The Balaban J connectivity index is 1.80. The monoisotopic (exact) mass is 458 g/mol. The van der Waals surface area contributed by atoms with Crippen LogP contribution < -0.4 is 4.40 Å². The van der Waals surface area contributed by atoms with Crippen molar-refractivity contribution in [3.05, 3.63) is 126 Å². The second-order valence-corrected chi connectivity index (χ2v) is 18.0. The molecule has 1 aliphatic heterocycles. The van der Waals surface area contributed by atoms with Crippen molar-refractivity contribution in [3.8, 4) is 0 Å². The summed E-state index contributed by atoms with van der Waals surface area (Å²) in [5.41, 5.74) is 5.67. The molecular formula is C30H24Ge. The number of fused-ring (bicyclic) bond motifs is 3. The van der Waals surface area contributed by atoms with E-state index in [0.717, 1.165) is 0 Å². The summed E-state index contributed by atoms with van der Waals surface area (Å²) in [6.45, 7) is 0. The van der Waals surface area contributed by atoms with Crippen molar-refractivity contribution < 1.29 is 0 Å². The van der Waals surface area contributed by atoms with Gasteiger partial charge >= 0.3 is 187 Å². The molecule has 0 amide bonds. The Labute approximate surface area is 186 Å². The van der Waals surface area contributed by atoms with E-state index in [4.69, 9.17) is 0 Å². The molecule has 0 radical (unpaired) electrons. The van der Waals surface area contributed by atoms with Gasteiger partial charge in [0.2, 0.25) is 0 Å². The van der Waals surface area contributed by atoms with Crippen LogP contribution >= 0.6 is 0 Å². The molecule has 0 spiro atoms. The molecule has 6 rings (SSSR count). The molecule has 1 aliphatic rings. The second-order valence-electron chi connectivity index (χ2n) is 8.97. The zero-order chi connectivity index (χ0) is 21.0. The summed E-state index contributed by atoms with van der Waals surface area (Å²) in [6.07, 6.45) is 0. The Kier molecular flexibility index (Phi) is 4.19. The van der Waals surface area contributed by atoms with Gasteiger partial charge in [-0.05, 0) is 0 Å². The van der Waals surface area contributed by atoms with Crippen LogP contribution in [0, 0.1) is 0 Å². The molecule has 148 valence electrons. The number of hydrogen-bond donors (Lipinski definition) is 0. The average molecular weight is 457 g/mol. The van der Waals surface area contributed by atoms with Gasteiger partial charge in [-0.1, -0.05) is 0 Å². The average Bonchev–Trinajstić information content (AvgIpc) is 3.05. The predicted octanol–water partition coefficient (Wildman–Crippen LogP) is 7.42. The van der Waals surface area contributed by atoms with Gasteiger partial charge in [-0.25, -0.2) is 0 Å². The molecule has 0 nitrogen and oxygen atoms in total. The maximum atomic E-state index is 2.56. The van der Waals surface area contributed by atoms with Crippen LogP contribution in [0.15, 0.2) is 109 Å². The summed E-state index contributed by atoms with van der Waals surface area (Å²) in [5.74, 6) is 5.13. The Morgan fingerprint density at radius 1 is 0.452 bits per heavy atom. The van der Waals surface area contributed by atoms with E-state index in [1.165, 1.54) is 43.8 Å². The third-order valence-corrected chi connectivity index (χ3v) is 14.3. The third kappa shape index (κ3) is 2.75. The molecule has 1 heteroatoms. The fraction of sp³-hybridized carbons (Fsp3) is 0.0667. The van der Waals surface area contributed by atoms with Crippen molar-refractivity contribution in [2.45, 2.75) is 11.5 Å². The minimum absolute atomic E-state index is 1.31. The summed E-state index contributed by atoms with van der Waals surface area (Å²) in [5, 5.41) is 5.33. The fourth-order valence-electron chi connectivity index (χ4n) is 5.47. The minimum atomic E-state index is -2.54. The van der Waals surface area contributed by atoms with Crippen LogP contribution in [0.2, 0.25) is 11.5 Å². The van der Waals surface area contributed by atoms with Gasteiger partial charge in [-0.2, -0.15) is 0 Å². The van der Waals surface area contributed by atoms with Crippen LogP contribution in [0.1, 0.15) is 16.7 Å². The Bertz CT molecular complexity index is 1490. The van der Waals surface area contributed by atoms with Crippen molar-refractivity contribution in [2.75, 3.05) is 0 Å². The summed E-state index contributed by atoms with van der Waals surface area (Å²) >= 11 is -2.54. The molecule has 0 saturated heterocycles. The van der Waals surface area contributed by atoms with E-state index < -0.39 is 13.3 Å². The molecule has 0 N–H and O–H groups in total. The summed E-state index contributed by atoms with van der Waals surface area (Å²) in [7, 11) is 0. The molecule has 5 aromatic rings. The van der Waals surface area contributed by atoms with Crippen molar-refractivity contribution in [1.29, 1.82) is 0 Å². The first kappa shape index (κ1) is 18.7. The normalized spacial score (nSPS) is 14.9. The Morgan fingerprint density at radius 2 is 0.935 bits per heavy atom. The van der Waals surface area contributed by atoms with Crippen molar-refractivity contribution >= 4 is 49.2 Å². The third-order valence-electron chi connectivity index (χ3n) is 6.86. The Hall–Kier alpha value is -3.10. The van der Waals surface area contributed by atoms with Crippen molar-refractivity contribution in [1.82, 2.24) is 0 Å². The molecule has 31 heavy (non-hydrogen) atoms. The van der Waals surface area contributed by atoms with Gasteiger partial charge < -0.3 is 0 Å². The molecular weight excluding hydrogens is 433 g/mol. The van der Waals surface area contributed by atoms with Gasteiger partial charge in [0.25, 0.3) is 0 Å². The van der Waals surface area contributed by atoms with Crippen LogP contribution in [0.5, 0.6) is 0 Å². The van der Waals surface area contributed by atoms with Crippen LogP contribution in [0.25, 0.3) is 31.5 Å².